The molecule has 30 aromatic rings. The normalized spacial score (nSPS) is 12.0. The van der Waals surface area contributed by atoms with Crippen molar-refractivity contribution in [2.45, 2.75) is 0 Å². The first-order valence-corrected chi connectivity index (χ1v) is 46.1. The molecule has 135 heavy (non-hydrogen) atoms. The quantitative estimate of drug-likeness (QED) is 0.145. The second kappa shape index (κ2) is 30.2. The summed E-state index contributed by atoms with van der Waals surface area (Å²) in [5, 5.41) is 21.7. The lowest BCUT2D eigenvalue weighted by atomic mass is 10.1. The fourth-order valence-electron chi connectivity index (χ4n) is 21.9. The van der Waals surface area contributed by atoms with Crippen LogP contribution in [0, 0.1) is 0 Å². The number of fused-ring (bicyclic) bond motifs is 27. The largest absolute Gasteiger partial charge is 0.456 e. The van der Waals surface area contributed by atoms with Crippen molar-refractivity contribution in [1.82, 2.24) is 27.4 Å². The van der Waals surface area contributed by atoms with Gasteiger partial charge in [0.15, 0.2) is 0 Å². The van der Waals surface area contributed by atoms with E-state index in [9.17, 15) is 0 Å². The Morgan fingerprint density at radius 2 is 0.319 bits per heavy atom. The van der Waals surface area contributed by atoms with Crippen LogP contribution in [0.4, 0.5) is 0 Å². The van der Waals surface area contributed by atoms with Crippen LogP contribution in [0.3, 0.4) is 0 Å². The van der Waals surface area contributed by atoms with Gasteiger partial charge in [0.05, 0.1) is 66.2 Å². The Balaban J connectivity index is 0.000000101. The van der Waals surface area contributed by atoms with Gasteiger partial charge in [-0.05, 0) is 197 Å². The van der Waals surface area contributed by atoms with Crippen LogP contribution in [0.5, 0.6) is 0 Å². The summed E-state index contributed by atoms with van der Waals surface area (Å²) in [7, 11) is 0. The molecule has 0 bridgehead atoms. The maximum absolute atomic E-state index is 6.33. The summed E-state index contributed by atoms with van der Waals surface area (Å²) in [5.74, 6) is 0. The minimum atomic E-state index is 0.896. The number of aromatic nitrogens is 6. The molecule has 0 unspecified atom stereocenters. The van der Waals surface area contributed by atoms with Gasteiger partial charge in [0, 0.05) is 149 Å². The molecule has 30 rings (SSSR count). The lowest BCUT2D eigenvalue weighted by molar-refractivity contribution is 0.668. The molecule has 9 nitrogen and oxygen atoms in total. The van der Waals surface area contributed by atoms with Crippen LogP contribution in [0.25, 0.3) is 264 Å². The summed E-state index contributed by atoms with van der Waals surface area (Å²) in [6.45, 7) is 0. The molecule has 9 heteroatoms. The molecule has 0 aliphatic carbocycles. The molecule has 21 aromatic carbocycles. The lowest BCUT2D eigenvalue weighted by Crippen LogP contribution is -1.96. The smallest absolute Gasteiger partial charge is 0.137 e. The van der Waals surface area contributed by atoms with E-state index < -0.39 is 0 Å². The minimum Gasteiger partial charge on any atom is -0.456 e. The SMILES string of the molecule is c1ccc(-c2ccc(-n3c4ccccc4c4cc5c6ccccc6n(-c6ccc7c(c6)oc6ccccc67)c5cc43)cc2)cc1.c1ccc(-c2cccc(-n3c4ccccc4c4cc5c(cc43)c3ccccc3n5-c3ccc4c(c3)oc3ccccc34)c2)cc1.c1ccc(-c2cccc(-n3c4ccccc4c4cc5c6ccccc6n(-c6ccc7c(c6)oc6ccccc67)c5cc43)c2)cc1. The average Bonchev–Trinajstić information content (AvgIpc) is 1.56. The van der Waals surface area contributed by atoms with Gasteiger partial charge >= 0.3 is 0 Å². The Kier molecular flexibility index (Phi) is 17.0. The number of hydrogen-bond acceptors (Lipinski definition) is 3. The fraction of sp³-hybridized carbons (Fsp3) is 0. The topological polar surface area (TPSA) is 69.0 Å². The van der Waals surface area contributed by atoms with Crippen molar-refractivity contribution < 1.29 is 13.3 Å². The van der Waals surface area contributed by atoms with Crippen molar-refractivity contribution in [2.24, 2.45) is 0 Å². The monoisotopic (exact) mass is 1720 g/mol. The average molecular weight is 1720 g/mol. The van der Waals surface area contributed by atoms with Gasteiger partial charge in [-0.15, -0.1) is 0 Å². The van der Waals surface area contributed by atoms with Gasteiger partial charge in [-0.3, -0.25) is 0 Å². The first kappa shape index (κ1) is 75.8. The van der Waals surface area contributed by atoms with Crippen LogP contribution in [0.15, 0.2) is 486 Å². The molecular weight excluding hydrogens is 1650 g/mol. The van der Waals surface area contributed by atoms with E-state index in [2.05, 4.69) is 464 Å². The Labute approximate surface area is 772 Å². The minimum absolute atomic E-state index is 0.896. The van der Waals surface area contributed by atoms with E-state index in [0.29, 0.717) is 0 Å². The number of rotatable bonds is 9. The molecule has 0 N–H and O–H groups in total. The molecule has 0 saturated heterocycles. The molecule has 0 spiro atoms. The Hall–Kier alpha value is -18.2. The number of hydrogen-bond donors (Lipinski definition) is 0. The standard InChI is InChI=1S/3C42H26N2O/c1-2-11-27(12-3-1)28-13-10-14-29(23-28)43-37-18-7-4-15-31(37)35-26-40-36(25-39(35)43)32-16-5-8-19-38(32)44(40)30-21-22-34-33-17-6-9-20-41(33)45-42(34)24-30;1-2-11-27(12-3-1)28-13-10-14-29(23-28)43-37-18-7-4-15-31(37)35-25-36-32-16-5-8-19-38(32)44(40(36)26-39(35)43)30-21-22-34-33-17-6-9-20-41(33)45-42(34)24-30;1-2-10-27(11-3-1)28-18-20-29(21-19-28)43-37-15-7-4-12-31(37)35-25-36-32-13-5-8-16-38(32)44(40(36)26-39(35)43)30-22-23-34-33-14-6-9-17-41(33)45-42(34)24-30/h3*1-26H. The van der Waals surface area contributed by atoms with Crippen LogP contribution in [-0.2, 0) is 0 Å². The maximum atomic E-state index is 6.33. The van der Waals surface area contributed by atoms with E-state index in [-0.39, 0.29) is 0 Å². The second-order valence-electron chi connectivity index (χ2n) is 35.4. The highest BCUT2D eigenvalue weighted by atomic mass is 16.3. The third kappa shape index (κ3) is 12.0. The summed E-state index contributed by atoms with van der Waals surface area (Å²) >= 11 is 0. The molecule has 9 aromatic heterocycles. The summed E-state index contributed by atoms with van der Waals surface area (Å²) in [5.41, 5.74) is 33.6. The molecule has 0 radical (unpaired) electrons. The summed E-state index contributed by atoms with van der Waals surface area (Å²) in [4.78, 5) is 0. The van der Waals surface area contributed by atoms with E-state index in [1.807, 2.05) is 36.4 Å². The van der Waals surface area contributed by atoms with Gasteiger partial charge in [-0.25, -0.2) is 0 Å². The lowest BCUT2D eigenvalue weighted by Gasteiger charge is -2.11. The van der Waals surface area contributed by atoms with E-state index in [1.165, 1.54) is 164 Å². The molecule has 9 heterocycles. The van der Waals surface area contributed by atoms with Crippen molar-refractivity contribution in [3.63, 3.8) is 0 Å². The number of benzene rings is 21. The van der Waals surface area contributed by atoms with E-state index in [4.69, 9.17) is 13.3 Å². The van der Waals surface area contributed by atoms with Gasteiger partial charge in [0.1, 0.15) is 33.5 Å². The highest BCUT2D eigenvalue weighted by Crippen LogP contribution is 2.47. The molecule has 0 aliphatic heterocycles. The Morgan fingerprint density at radius 3 is 0.630 bits per heavy atom. The Bertz CT molecular complexity index is 10100. The van der Waals surface area contributed by atoms with Gasteiger partial charge in [-0.2, -0.15) is 0 Å². The molecule has 0 saturated carbocycles. The predicted octanol–water partition coefficient (Wildman–Crippen LogP) is 34.3. The molecule has 0 fully saturated rings. The van der Waals surface area contributed by atoms with Crippen molar-refractivity contribution >= 4 is 197 Å². The third-order valence-corrected chi connectivity index (χ3v) is 27.9. The molecule has 0 aliphatic rings. The molecule has 630 valence electrons. The van der Waals surface area contributed by atoms with E-state index >= 15 is 0 Å². The summed E-state index contributed by atoms with van der Waals surface area (Å²) < 4.78 is 33.4. The second-order valence-corrected chi connectivity index (χ2v) is 35.4. The van der Waals surface area contributed by atoms with Gasteiger partial charge < -0.3 is 40.7 Å². The van der Waals surface area contributed by atoms with Crippen molar-refractivity contribution in [1.29, 1.82) is 0 Å². The van der Waals surface area contributed by atoms with Crippen molar-refractivity contribution in [3.8, 4) is 67.5 Å². The van der Waals surface area contributed by atoms with Crippen LogP contribution in [-0.4, -0.2) is 27.4 Å². The zero-order valence-electron chi connectivity index (χ0n) is 72.9. The van der Waals surface area contributed by atoms with Crippen LogP contribution >= 0.6 is 0 Å². The van der Waals surface area contributed by atoms with Crippen molar-refractivity contribution in [2.75, 3.05) is 0 Å². The van der Waals surface area contributed by atoms with Crippen LogP contribution < -0.4 is 0 Å². The third-order valence-electron chi connectivity index (χ3n) is 27.9. The molecule has 0 amide bonds. The number of furan rings is 3. The van der Waals surface area contributed by atoms with E-state index in [0.717, 1.165) is 99.9 Å². The zero-order valence-corrected chi connectivity index (χ0v) is 72.9. The summed E-state index contributed by atoms with van der Waals surface area (Å²) in [6.07, 6.45) is 0. The molecular formula is C126H78N6O3. The number of para-hydroxylation sites is 9. The highest BCUT2D eigenvalue weighted by Gasteiger charge is 2.26. The van der Waals surface area contributed by atoms with Gasteiger partial charge in [0.2, 0.25) is 0 Å². The maximum Gasteiger partial charge on any atom is 0.137 e. The fourth-order valence-corrected chi connectivity index (χ4v) is 21.9. The molecule has 0 atom stereocenters. The van der Waals surface area contributed by atoms with Crippen LogP contribution in [0.2, 0.25) is 0 Å². The van der Waals surface area contributed by atoms with Gasteiger partial charge in [-0.1, -0.05) is 291 Å². The van der Waals surface area contributed by atoms with E-state index in [1.54, 1.807) is 0 Å². The zero-order chi connectivity index (χ0) is 88.5. The first-order chi connectivity index (χ1) is 66.9. The predicted molar refractivity (Wildman–Crippen MR) is 564 cm³/mol. The first-order valence-electron chi connectivity index (χ1n) is 46.1. The highest BCUT2D eigenvalue weighted by molar-refractivity contribution is 6.23. The van der Waals surface area contributed by atoms with Gasteiger partial charge in [0.25, 0.3) is 0 Å². The van der Waals surface area contributed by atoms with Crippen LogP contribution in [0.1, 0.15) is 0 Å². The van der Waals surface area contributed by atoms with Crippen molar-refractivity contribution in [3.05, 3.63) is 473 Å². The Morgan fingerprint density at radius 1 is 0.104 bits per heavy atom. The number of nitrogens with zero attached hydrogens (tertiary/aromatic N) is 6. The summed E-state index contributed by atoms with van der Waals surface area (Å²) in [6, 6.07) is 170.